The Bertz CT molecular complexity index is 222. The largest absolute Gasteiger partial charge is 0.327 e. The third-order valence-corrected chi connectivity index (χ3v) is 2.81. The first-order valence-electron chi connectivity index (χ1n) is 5.70. The molecule has 0 spiro atoms. The highest BCUT2D eigenvalue weighted by atomic mass is 14.6. The minimum absolute atomic E-state index is 0.327. The highest BCUT2D eigenvalue weighted by Crippen LogP contribution is 2.21. The maximum atomic E-state index is 6.04. The summed E-state index contributed by atoms with van der Waals surface area (Å²) in [6.07, 6.45) is 16.9. The van der Waals surface area contributed by atoms with Gasteiger partial charge in [-0.2, -0.15) is 0 Å². The first-order valence-corrected chi connectivity index (χ1v) is 5.70. The van der Waals surface area contributed by atoms with E-state index in [1.807, 2.05) is 0 Å². The van der Waals surface area contributed by atoms with Gasteiger partial charge < -0.3 is 5.73 Å². The number of nitrogens with two attached hydrogens (primary N) is 1. The summed E-state index contributed by atoms with van der Waals surface area (Å²) in [7, 11) is 0. The molecule has 1 aliphatic rings. The minimum Gasteiger partial charge on any atom is -0.327 e. The number of terminal acetylenes is 1. The van der Waals surface area contributed by atoms with Gasteiger partial charge in [-0.3, -0.25) is 0 Å². The number of unbranched alkanes of at least 4 members (excludes halogenated alkanes) is 1. The van der Waals surface area contributed by atoms with Crippen LogP contribution in [0.1, 0.15) is 51.4 Å². The topological polar surface area (TPSA) is 26.0 Å². The van der Waals surface area contributed by atoms with E-state index in [9.17, 15) is 0 Å². The molecule has 0 bridgehead atoms. The van der Waals surface area contributed by atoms with Crippen LogP contribution in [0.15, 0.2) is 11.6 Å². The first kappa shape index (κ1) is 11.3. The number of hydrogen-bond donors (Lipinski definition) is 1. The van der Waals surface area contributed by atoms with Crippen molar-refractivity contribution in [1.82, 2.24) is 0 Å². The second kappa shape index (κ2) is 6.68. The lowest BCUT2D eigenvalue weighted by Gasteiger charge is -2.16. The molecule has 0 aromatic rings. The summed E-state index contributed by atoms with van der Waals surface area (Å²) in [6, 6.07) is 0.327. The van der Waals surface area contributed by atoms with Gasteiger partial charge in [0.1, 0.15) is 0 Å². The Kier molecular flexibility index (Phi) is 5.40. The van der Waals surface area contributed by atoms with Crippen molar-refractivity contribution >= 4 is 0 Å². The Labute approximate surface area is 87.8 Å². The first-order chi connectivity index (χ1) is 6.83. The molecule has 0 saturated heterocycles. The molecular weight excluding hydrogens is 170 g/mol. The normalized spacial score (nSPS) is 18.4. The molecule has 0 aromatic heterocycles. The van der Waals surface area contributed by atoms with Gasteiger partial charge in [0.05, 0.1) is 0 Å². The molecule has 0 amide bonds. The SMILES string of the molecule is C#CCCCC(N)CC1=CCCCC1. The zero-order valence-corrected chi connectivity index (χ0v) is 8.97. The van der Waals surface area contributed by atoms with Crippen molar-refractivity contribution in [2.45, 2.75) is 57.4 Å². The van der Waals surface area contributed by atoms with Gasteiger partial charge in [0.15, 0.2) is 0 Å². The Morgan fingerprint density at radius 1 is 1.50 bits per heavy atom. The summed E-state index contributed by atoms with van der Waals surface area (Å²) >= 11 is 0. The lowest BCUT2D eigenvalue weighted by molar-refractivity contribution is 0.559. The van der Waals surface area contributed by atoms with Crippen molar-refractivity contribution in [3.8, 4) is 12.3 Å². The van der Waals surface area contributed by atoms with Crippen molar-refractivity contribution in [2.75, 3.05) is 0 Å². The van der Waals surface area contributed by atoms with Gasteiger partial charge in [-0.1, -0.05) is 11.6 Å². The van der Waals surface area contributed by atoms with Crippen molar-refractivity contribution in [2.24, 2.45) is 5.73 Å². The predicted molar refractivity (Wildman–Crippen MR) is 61.8 cm³/mol. The monoisotopic (exact) mass is 191 g/mol. The van der Waals surface area contributed by atoms with Gasteiger partial charge in [0, 0.05) is 12.5 Å². The summed E-state index contributed by atoms with van der Waals surface area (Å²) in [5.74, 6) is 2.66. The second-order valence-electron chi connectivity index (χ2n) is 4.17. The molecule has 2 N–H and O–H groups in total. The molecule has 0 aliphatic heterocycles. The van der Waals surface area contributed by atoms with Crippen LogP contribution in [0, 0.1) is 12.3 Å². The summed E-state index contributed by atoms with van der Waals surface area (Å²) in [5, 5.41) is 0. The summed E-state index contributed by atoms with van der Waals surface area (Å²) in [4.78, 5) is 0. The van der Waals surface area contributed by atoms with Gasteiger partial charge in [-0.05, 0) is 44.9 Å². The summed E-state index contributed by atoms with van der Waals surface area (Å²) < 4.78 is 0. The van der Waals surface area contributed by atoms with E-state index in [-0.39, 0.29) is 0 Å². The van der Waals surface area contributed by atoms with Crippen LogP contribution in [0.3, 0.4) is 0 Å². The van der Waals surface area contributed by atoms with Crippen LogP contribution in [-0.4, -0.2) is 6.04 Å². The van der Waals surface area contributed by atoms with E-state index >= 15 is 0 Å². The maximum absolute atomic E-state index is 6.04. The van der Waals surface area contributed by atoms with Crippen molar-refractivity contribution < 1.29 is 0 Å². The van der Waals surface area contributed by atoms with E-state index < -0.39 is 0 Å². The molecule has 1 atom stereocenters. The van der Waals surface area contributed by atoms with Crippen LogP contribution >= 0.6 is 0 Å². The van der Waals surface area contributed by atoms with Crippen LogP contribution in [0.25, 0.3) is 0 Å². The Balaban J connectivity index is 2.16. The molecule has 0 fully saturated rings. The Morgan fingerprint density at radius 2 is 2.36 bits per heavy atom. The van der Waals surface area contributed by atoms with E-state index in [1.165, 1.54) is 25.7 Å². The zero-order valence-electron chi connectivity index (χ0n) is 8.97. The fourth-order valence-corrected chi connectivity index (χ4v) is 2.00. The molecular formula is C13H21N. The Morgan fingerprint density at radius 3 is 3.00 bits per heavy atom. The molecule has 1 heteroatoms. The average molecular weight is 191 g/mol. The highest BCUT2D eigenvalue weighted by molar-refractivity contribution is 5.06. The number of hydrogen-bond acceptors (Lipinski definition) is 1. The fourth-order valence-electron chi connectivity index (χ4n) is 2.00. The summed E-state index contributed by atoms with van der Waals surface area (Å²) in [6.45, 7) is 0. The molecule has 1 nitrogen and oxygen atoms in total. The molecule has 0 radical (unpaired) electrons. The smallest absolute Gasteiger partial charge is 0.00866 e. The predicted octanol–water partition coefficient (Wildman–Crippen LogP) is 3.01. The molecule has 1 unspecified atom stereocenters. The van der Waals surface area contributed by atoms with Gasteiger partial charge in [0.25, 0.3) is 0 Å². The molecule has 1 rings (SSSR count). The second-order valence-corrected chi connectivity index (χ2v) is 4.17. The number of rotatable bonds is 5. The van der Waals surface area contributed by atoms with Gasteiger partial charge in [-0.25, -0.2) is 0 Å². The third kappa shape index (κ3) is 4.48. The van der Waals surface area contributed by atoms with E-state index in [2.05, 4.69) is 12.0 Å². The molecule has 1 aliphatic carbocycles. The van der Waals surface area contributed by atoms with Gasteiger partial charge >= 0.3 is 0 Å². The van der Waals surface area contributed by atoms with Crippen LogP contribution in [0.2, 0.25) is 0 Å². The van der Waals surface area contributed by atoms with Crippen molar-refractivity contribution in [3.63, 3.8) is 0 Å². The molecule has 0 saturated carbocycles. The molecule has 78 valence electrons. The quantitative estimate of drug-likeness (QED) is 0.403. The highest BCUT2D eigenvalue weighted by Gasteiger charge is 2.08. The maximum Gasteiger partial charge on any atom is 0.00866 e. The minimum atomic E-state index is 0.327. The molecule has 0 aromatic carbocycles. The van der Waals surface area contributed by atoms with E-state index in [4.69, 9.17) is 12.2 Å². The molecule has 0 heterocycles. The van der Waals surface area contributed by atoms with E-state index in [1.54, 1.807) is 5.57 Å². The lowest BCUT2D eigenvalue weighted by atomic mass is 9.93. The van der Waals surface area contributed by atoms with Crippen LogP contribution in [0.5, 0.6) is 0 Å². The Hall–Kier alpha value is -0.740. The molecule has 14 heavy (non-hydrogen) atoms. The summed E-state index contributed by atoms with van der Waals surface area (Å²) in [5.41, 5.74) is 7.61. The fraction of sp³-hybridized carbons (Fsp3) is 0.692. The third-order valence-electron chi connectivity index (χ3n) is 2.81. The zero-order chi connectivity index (χ0) is 10.2. The standard InChI is InChI=1S/C13H21N/c1-2-3-5-10-13(14)11-12-8-6-4-7-9-12/h1,8,13H,3-7,9-11,14H2. The van der Waals surface area contributed by atoms with Crippen molar-refractivity contribution in [1.29, 1.82) is 0 Å². The van der Waals surface area contributed by atoms with Gasteiger partial charge in [-0.15, -0.1) is 12.3 Å². The van der Waals surface area contributed by atoms with Crippen molar-refractivity contribution in [3.05, 3.63) is 11.6 Å². The number of allylic oxidation sites excluding steroid dienone is 1. The van der Waals surface area contributed by atoms with E-state index in [0.717, 1.165) is 25.7 Å². The van der Waals surface area contributed by atoms with Crippen LogP contribution in [-0.2, 0) is 0 Å². The van der Waals surface area contributed by atoms with Crippen LogP contribution < -0.4 is 5.73 Å². The lowest BCUT2D eigenvalue weighted by Crippen LogP contribution is -2.20. The van der Waals surface area contributed by atoms with E-state index in [0.29, 0.717) is 6.04 Å². The average Bonchev–Trinajstić information content (AvgIpc) is 2.20. The van der Waals surface area contributed by atoms with Gasteiger partial charge in [0.2, 0.25) is 0 Å². The van der Waals surface area contributed by atoms with Crippen LogP contribution in [0.4, 0.5) is 0 Å².